The Morgan fingerprint density at radius 2 is 2.10 bits per heavy atom. The molecule has 0 aliphatic carbocycles. The summed E-state index contributed by atoms with van der Waals surface area (Å²) < 4.78 is 40.4. The third-order valence-corrected chi connectivity index (χ3v) is 1.99. The Balaban J connectivity index is 3.75. The molecule has 1 N–H and O–H groups in total. The molecule has 0 aromatic heterocycles. The number of unbranched alkanes of at least 4 members (excludes halogenated alkanes) is 1. The molecule has 0 aromatic carbocycles. The van der Waals surface area contributed by atoms with Crippen molar-refractivity contribution in [3.05, 3.63) is 0 Å². The molecule has 10 heavy (non-hydrogen) atoms. The van der Waals surface area contributed by atoms with E-state index in [2.05, 4.69) is 0 Å². The molecule has 5 heteroatoms. The Bertz CT molecular complexity index is 175. The van der Waals surface area contributed by atoms with Crippen molar-refractivity contribution in [2.75, 3.05) is 0 Å². The molecular formula is C5H11FO3S. The molecule has 0 bridgehead atoms. The first-order valence-corrected chi connectivity index (χ1v) is 4.59. The van der Waals surface area contributed by atoms with Gasteiger partial charge in [0.1, 0.15) is 0 Å². The number of hydrogen-bond acceptors (Lipinski definition) is 2. The molecule has 62 valence electrons. The van der Waals surface area contributed by atoms with Gasteiger partial charge in [0, 0.05) is 0 Å². The van der Waals surface area contributed by atoms with Crippen molar-refractivity contribution >= 4 is 10.1 Å². The van der Waals surface area contributed by atoms with Crippen LogP contribution in [0.1, 0.15) is 26.2 Å². The molecule has 0 fully saturated rings. The first-order chi connectivity index (χ1) is 4.48. The van der Waals surface area contributed by atoms with Gasteiger partial charge in [-0.1, -0.05) is 13.3 Å². The quantitative estimate of drug-likeness (QED) is 0.648. The summed E-state index contributed by atoms with van der Waals surface area (Å²) in [5.41, 5.74) is -2.10. The van der Waals surface area contributed by atoms with Crippen molar-refractivity contribution in [2.24, 2.45) is 0 Å². The van der Waals surface area contributed by atoms with Crippen molar-refractivity contribution in [3.63, 3.8) is 0 Å². The maximum absolute atomic E-state index is 12.3. The molecule has 0 aromatic rings. The molecule has 0 aliphatic heterocycles. The summed E-state index contributed by atoms with van der Waals surface area (Å²) in [5.74, 6) is 0. The van der Waals surface area contributed by atoms with Gasteiger partial charge in [0.25, 0.3) is 10.1 Å². The van der Waals surface area contributed by atoms with Crippen molar-refractivity contribution < 1.29 is 17.4 Å². The van der Waals surface area contributed by atoms with Gasteiger partial charge in [0.2, 0.25) is 5.50 Å². The molecule has 0 heterocycles. The van der Waals surface area contributed by atoms with Gasteiger partial charge in [-0.05, 0) is 12.8 Å². The van der Waals surface area contributed by atoms with Crippen LogP contribution < -0.4 is 0 Å². The van der Waals surface area contributed by atoms with Crippen LogP contribution in [0.25, 0.3) is 0 Å². The average molecular weight is 170 g/mol. The van der Waals surface area contributed by atoms with Gasteiger partial charge in [-0.2, -0.15) is 8.42 Å². The summed E-state index contributed by atoms with van der Waals surface area (Å²) in [7, 11) is -4.44. The van der Waals surface area contributed by atoms with Crippen LogP contribution in [0.15, 0.2) is 0 Å². The zero-order valence-corrected chi connectivity index (χ0v) is 6.57. The van der Waals surface area contributed by atoms with Gasteiger partial charge in [-0.25, -0.2) is 4.39 Å². The number of alkyl halides is 1. The van der Waals surface area contributed by atoms with Crippen LogP contribution in [0.5, 0.6) is 0 Å². The highest BCUT2D eigenvalue weighted by Gasteiger charge is 2.20. The van der Waals surface area contributed by atoms with Gasteiger partial charge >= 0.3 is 0 Å². The average Bonchev–Trinajstić information content (AvgIpc) is 1.80. The fourth-order valence-electron chi connectivity index (χ4n) is 0.514. The van der Waals surface area contributed by atoms with Gasteiger partial charge in [-0.15, -0.1) is 0 Å². The second kappa shape index (κ2) is 3.88. The van der Waals surface area contributed by atoms with Gasteiger partial charge in [-0.3, -0.25) is 4.55 Å². The smallest absolute Gasteiger partial charge is 0.283 e. The Kier molecular flexibility index (Phi) is 3.81. The minimum atomic E-state index is -4.44. The molecule has 0 spiro atoms. The van der Waals surface area contributed by atoms with Crippen LogP contribution >= 0.6 is 0 Å². The Morgan fingerprint density at radius 3 is 2.40 bits per heavy atom. The van der Waals surface area contributed by atoms with E-state index in [0.717, 1.165) is 6.42 Å². The Morgan fingerprint density at radius 1 is 1.60 bits per heavy atom. The van der Waals surface area contributed by atoms with E-state index in [1.807, 2.05) is 6.92 Å². The van der Waals surface area contributed by atoms with Crippen LogP contribution in [0.2, 0.25) is 0 Å². The number of halogens is 1. The molecule has 0 amide bonds. The summed E-state index contributed by atoms with van der Waals surface area (Å²) >= 11 is 0. The van der Waals surface area contributed by atoms with Crippen molar-refractivity contribution in [1.82, 2.24) is 0 Å². The maximum Gasteiger partial charge on any atom is 0.297 e. The summed E-state index contributed by atoms with van der Waals surface area (Å²) in [6.45, 7) is 1.82. The highest BCUT2D eigenvalue weighted by atomic mass is 32.2. The second-order valence-corrected chi connectivity index (χ2v) is 3.61. The summed E-state index contributed by atoms with van der Waals surface area (Å²) in [4.78, 5) is 0. The van der Waals surface area contributed by atoms with E-state index in [0.29, 0.717) is 6.42 Å². The van der Waals surface area contributed by atoms with Gasteiger partial charge < -0.3 is 0 Å². The van der Waals surface area contributed by atoms with Crippen molar-refractivity contribution in [1.29, 1.82) is 0 Å². The molecule has 0 saturated carbocycles. The predicted molar refractivity (Wildman–Crippen MR) is 36.0 cm³/mol. The minimum absolute atomic E-state index is 0.116. The lowest BCUT2D eigenvalue weighted by Gasteiger charge is -2.01. The minimum Gasteiger partial charge on any atom is -0.283 e. The predicted octanol–water partition coefficient (Wildman–Crippen LogP) is 1.36. The molecule has 1 unspecified atom stereocenters. The largest absolute Gasteiger partial charge is 0.297 e. The van der Waals surface area contributed by atoms with Gasteiger partial charge in [0.05, 0.1) is 0 Å². The zero-order valence-electron chi connectivity index (χ0n) is 5.75. The fourth-order valence-corrected chi connectivity index (χ4v) is 0.978. The first kappa shape index (κ1) is 9.84. The maximum atomic E-state index is 12.3. The standard InChI is InChI=1S/C5H11FO3S/c1-2-3-4-5(6)10(7,8)9/h5H,2-4H2,1H3,(H,7,8,9). The van der Waals surface area contributed by atoms with Crippen LogP contribution in [-0.4, -0.2) is 18.5 Å². The lowest BCUT2D eigenvalue weighted by Crippen LogP contribution is -2.14. The molecule has 1 atom stereocenters. The third kappa shape index (κ3) is 3.79. The van der Waals surface area contributed by atoms with E-state index < -0.39 is 15.6 Å². The van der Waals surface area contributed by atoms with Crippen molar-refractivity contribution in [2.45, 2.75) is 31.7 Å². The highest BCUT2D eigenvalue weighted by molar-refractivity contribution is 7.86. The second-order valence-electron chi connectivity index (χ2n) is 2.07. The fraction of sp³-hybridized carbons (Fsp3) is 1.00. The van der Waals surface area contributed by atoms with E-state index in [9.17, 15) is 12.8 Å². The SMILES string of the molecule is CCCCC(F)S(=O)(=O)O. The monoisotopic (exact) mass is 170 g/mol. The number of hydrogen-bond donors (Lipinski definition) is 1. The third-order valence-electron chi connectivity index (χ3n) is 1.11. The normalized spacial score (nSPS) is 15.1. The van der Waals surface area contributed by atoms with E-state index in [4.69, 9.17) is 4.55 Å². The Hall–Kier alpha value is -0.160. The van der Waals surface area contributed by atoms with Crippen LogP contribution in [0.3, 0.4) is 0 Å². The molecule has 0 aliphatic rings. The summed E-state index contributed by atoms with van der Waals surface area (Å²) in [6.07, 6.45) is 1.08. The highest BCUT2D eigenvalue weighted by Crippen LogP contribution is 2.09. The van der Waals surface area contributed by atoms with Crippen LogP contribution in [0.4, 0.5) is 4.39 Å². The lowest BCUT2D eigenvalue weighted by molar-refractivity contribution is 0.353. The number of rotatable bonds is 4. The van der Waals surface area contributed by atoms with Gasteiger partial charge in [0.15, 0.2) is 0 Å². The molecule has 0 rings (SSSR count). The lowest BCUT2D eigenvalue weighted by atomic mass is 10.3. The topological polar surface area (TPSA) is 54.4 Å². The van der Waals surface area contributed by atoms with Crippen LogP contribution in [-0.2, 0) is 10.1 Å². The molecule has 3 nitrogen and oxygen atoms in total. The summed E-state index contributed by atoms with van der Waals surface area (Å²) in [6, 6.07) is 0. The first-order valence-electron chi connectivity index (χ1n) is 3.09. The van der Waals surface area contributed by atoms with E-state index in [1.165, 1.54) is 0 Å². The zero-order chi connectivity index (χ0) is 8.20. The molecule has 0 saturated heterocycles. The van der Waals surface area contributed by atoms with Crippen LogP contribution in [0, 0.1) is 0 Å². The molecular weight excluding hydrogens is 159 g/mol. The van der Waals surface area contributed by atoms with E-state index >= 15 is 0 Å². The summed E-state index contributed by atoms with van der Waals surface area (Å²) in [5, 5.41) is 0. The Labute approximate surface area is 60.0 Å². The van der Waals surface area contributed by atoms with E-state index in [1.54, 1.807) is 0 Å². The molecule has 0 radical (unpaired) electrons. The van der Waals surface area contributed by atoms with Crippen molar-refractivity contribution in [3.8, 4) is 0 Å². The van der Waals surface area contributed by atoms with E-state index in [-0.39, 0.29) is 6.42 Å².